The average molecular weight is 460 g/mol. The standard InChI is InChI=1S/C23H30FN5O4/c1-15(2)13-33-23(32)29-8-6-16(7-9-29)12-28(3)21-11-20(25-14-26-21)27-19-5-4-17(22(30)31)10-18(19)24/h4-5,10-11,14-16H,6-9,12-13H2,1-3H3,(H,30,31)(H,25,26,27). The number of carbonyl (C=O) groups excluding carboxylic acids is 1. The number of carboxylic acid groups (broad SMARTS) is 1. The van der Waals surface area contributed by atoms with Crippen LogP contribution in [0, 0.1) is 17.7 Å². The maximum absolute atomic E-state index is 14.2. The van der Waals surface area contributed by atoms with Crippen LogP contribution in [0.4, 0.5) is 26.5 Å². The summed E-state index contributed by atoms with van der Waals surface area (Å²) in [4.78, 5) is 35.3. The number of carboxylic acids is 1. The van der Waals surface area contributed by atoms with Crippen molar-refractivity contribution in [2.75, 3.05) is 43.5 Å². The molecule has 2 aromatic rings. The number of aromatic nitrogens is 2. The van der Waals surface area contributed by atoms with E-state index in [2.05, 4.69) is 15.3 Å². The summed E-state index contributed by atoms with van der Waals surface area (Å²) in [5, 5.41) is 11.8. The van der Waals surface area contributed by atoms with Gasteiger partial charge in [-0.3, -0.25) is 0 Å². The lowest BCUT2D eigenvalue weighted by molar-refractivity contribution is 0.0695. The molecule has 3 rings (SSSR count). The first-order valence-electron chi connectivity index (χ1n) is 11.0. The molecule has 33 heavy (non-hydrogen) atoms. The number of benzene rings is 1. The second kappa shape index (κ2) is 10.9. The van der Waals surface area contributed by atoms with Crippen LogP contribution >= 0.6 is 0 Å². The molecule has 10 heteroatoms. The molecule has 2 heterocycles. The van der Waals surface area contributed by atoms with Crippen molar-refractivity contribution in [3.8, 4) is 0 Å². The van der Waals surface area contributed by atoms with Gasteiger partial charge < -0.3 is 25.0 Å². The number of amides is 1. The number of anilines is 3. The van der Waals surface area contributed by atoms with Gasteiger partial charge in [0.15, 0.2) is 0 Å². The number of halogens is 1. The van der Waals surface area contributed by atoms with E-state index in [1.807, 2.05) is 25.8 Å². The second-order valence-electron chi connectivity index (χ2n) is 8.67. The average Bonchev–Trinajstić information content (AvgIpc) is 2.79. The van der Waals surface area contributed by atoms with Crippen LogP contribution in [-0.4, -0.2) is 65.3 Å². The molecule has 1 saturated heterocycles. The molecule has 0 aliphatic carbocycles. The molecular weight excluding hydrogens is 429 g/mol. The molecule has 0 atom stereocenters. The van der Waals surface area contributed by atoms with Crippen molar-refractivity contribution in [1.82, 2.24) is 14.9 Å². The Labute approximate surface area is 192 Å². The maximum Gasteiger partial charge on any atom is 0.409 e. The minimum atomic E-state index is -1.19. The van der Waals surface area contributed by atoms with Gasteiger partial charge in [0.25, 0.3) is 0 Å². The number of likely N-dealkylation sites (tertiary alicyclic amines) is 1. The third kappa shape index (κ3) is 6.77. The molecule has 0 spiro atoms. The van der Waals surface area contributed by atoms with E-state index in [1.54, 1.807) is 11.0 Å². The van der Waals surface area contributed by atoms with Crippen LogP contribution < -0.4 is 10.2 Å². The molecule has 0 saturated carbocycles. The quantitative estimate of drug-likeness (QED) is 0.610. The van der Waals surface area contributed by atoms with Crippen molar-refractivity contribution in [3.05, 3.63) is 42.0 Å². The Morgan fingerprint density at radius 1 is 1.27 bits per heavy atom. The molecule has 1 aromatic heterocycles. The van der Waals surface area contributed by atoms with Gasteiger partial charge in [0.1, 0.15) is 23.8 Å². The number of hydrogen-bond donors (Lipinski definition) is 2. The molecule has 1 aromatic carbocycles. The van der Waals surface area contributed by atoms with Crippen LogP contribution in [0.15, 0.2) is 30.6 Å². The molecular formula is C23H30FN5O4. The van der Waals surface area contributed by atoms with E-state index in [9.17, 15) is 14.0 Å². The third-order valence-corrected chi connectivity index (χ3v) is 5.47. The van der Waals surface area contributed by atoms with Gasteiger partial charge in [-0.1, -0.05) is 13.8 Å². The fourth-order valence-corrected chi connectivity index (χ4v) is 3.62. The summed E-state index contributed by atoms with van der Waals surface area (Å²) in [5.41, 5.74) is 0.00409. The largest absolute Gasteiger partial charge is 0.478 e. The van der Waals surface area contributed by atoms with Crippen LogP contribution in [0.1, 0.15) is 37.0 Å². The highest BCUT2D eigenvalue weighted by Gasteiger charge is 2.25. The van der Waals surface area contributed by atoms with Crippen LogP contribution in [0.5, 0.6) is 0 Å². The molecule has 2 N–H and O–H groups in total. The maximum atomic E-state index is 14.2. The van der Waals surface area contributed by atoms with Crippen LogP contribution in [-0.2, 0) is 4.74 Å². The predicted molar refractivity (Wildman–Crippen MR) is 122 cm³/mol. The van der Waals surface area contributed by atoms with E-state index in [4.69, 9.17) is 9.84 Å². The minimum Gasteiger partial charge on any atom is -0.478 e. The Morgan fingerprint density at radius 3 is 2.64 bits per heavy atom. The summed E-state index contributed by atoms with van der Waals surface area (Å²) in [6.45, 7) is 6.53. The Bertz CT molecular complexity index is 979. The van der Waals surface area contributed by atoms with Crippen molar-refractivity contribution < 1.29 is 23.8 Å². The van der Waals surface area contributed by atoms with Gasteiger partial charge in [-0.15, -0.1) is 0 Å². The number of nitrogens with one attached hydrogen (secondary N) is 1. The molecule has 0 radical (unpaired) electrons. The minimum absolute atomic E-state index is 0.125. The van der Waals surface area contributed by atoms with E-state index in [-0.39, 0.29) is 17.3 Å². The van der Waals surface area contributed by atoms with E-state index >= 15 is 0 Å². The normalized spacial score (nSPS) is 14.3. The molecule has 1 amide bonds. The van der Waals surface area contributed by atoms with Crippen molar-refractivity contribution in [1.29, 1.82) is 0 Å². The van der Waals surface area contributed by atoms with Gasteiger partial charge in [-0.2, -0.15) is 0 Å². The smallest absolute Gasteiger partial charge is 0.409 e. The zero-order chi connectivity index (χ0) is 24.0. The lowest BCUT2D eigenvalue weighted by Gasteiger charge is -2.33. The van der Waals surface area contributed by atoms with Gasteiger partial charge in [-0.05, 0) is 42.9 Å². The molecule has 1 fully saturated rings. The van der Waals surface area contributed by atoms with Crippen molar-refractivity contribution in [2.24, 2.45) is 11.8 Å². The van der Waals surface area contributed by atoms with Crippen LogP contribution in [0.25, 0.3) is 0 Å². The zero-order valence-corrected chi connectivity index (χ0v) is 19.1. The van der Waals surface area contributed by atoms with Gasteiger partial charge in [0.2, 0.25) is 0 Å². The van der Waals surface area contributed by atoms with E-state index in [1.165, 1.54) is 18.5 Å². The first kappa shape index (κ1) is 24.2. The second-order valence-corrected chi connectivity index (χ2v) is 8.67. The molecule has 0 bridgehead atoms. The first-order chi connectivity index (χ1) is 15.7. The van der Waals surface area contributed by atoms with Gasteiger partial charge in [0, 0.05) is 32.7 Å². The lowest BCUT2D eigenvalue weighted by Crippen LogP contribution is -2.41. The Hall–Kier alpha value is -3.43. The number of carbonyl (C=O) groups is 2. The molecule has 1 aliphatic heterocycles. The fraction of sp³-hybridized carbons (Fsp3) is 0.478. The third-order valence-electron chi connectivity index (χ3n) is 5.47. The zero-order valence-electron chi connectivity index (χ0n) is 19.1. The number of piperidine rings is 1. The highest BCUT2D eigenvalue weighted by atomic mass is 19.1. The molecule has 178 valence electrons. The van der Waals surface area contributed by atoms with Crippen molar-refractivity contribution in [3.63, 3.8) is 0 Å². The van der Waals surface area contributed by atoms with Crippen LogP contribution in [0.2, 0.25) is 0 Å². The number of rotatable bonds is 8. The van der Waals surface area contributed by atoms with Crippen LogP contribution in [0.3, 0.4) is 0 Å². The van der Waals surface area contributed by atoms with Gasteiger partial charge in [-0.25, -0.2) is 23.9 Å². The van der Waals surface area contributed by atoms with Crippen molar-refractivity contribution >= 4 is 29.4 Å². The van der Waals surface area contributed by atoms with E-state index < -0.39 is 11.8 Å². The lowest BCUT2D eigenvalue weighted by atomic mass is 9.96. The number of aromatic carboxylic acids is 1. The summed E-state index contributed by atoms with van der Waals surface area (Å²) in [7, 11) is 1.93. The Morgan fingerprint density at radius 2 is 2.00 bits per heavy atom. The Balaban J connectivity index is 1.54. The molecule has 9 nitrogen and oxygen atoms in total. The molecule has 0 unspecified atom stereocenters. The molecule has 1 aliphatic rings. The van der Waals surface area contributed by atoms with E-state index in [0.29, 0.717) is 43.2 Å². The number of nitrogens with zero attached hydrogens (tertiary/aromatic N) is 4. The topological polar surface area (TPSA) is 108 Å². The highest BCUT2D eigenvalue weighted by Crippen LogP contribution is 2.24. The highest BCUT2D eigenvalue weighted by molar-refractivity contribution is 5.88. The first-order valence-corrected chi connectivity index (χ1v) is 11.0. The van der Waals surface area contributed by atoms with E-state index in [0.717, 1.165) is 25.5 Å². The summed E-state index contributed by atoms with van der Waals surface area (Å²) in [6.07, 6.45) is 2.90. The Kier molecular flexibility index (Phi) is 8.02. The number of hydrogen-bond acceptors (Lipinski definition) is 7. The monoisotopic (exact) mass is 459 g/mol. The van der Waals surface area contributed by atoms with Gasteiger partial charge >= 0.3 is 12.1 Å². The summed E-state index contributed by atoms with van der Waals surface area (Å²) in [5.74, 6) is -0.0818. The van der Waals surface area contributed by atoms with Crippen molar-refractivity contribution in [2.45, 2.75) is 26.7 Å². The summed E-state index contributed by atoms with van der Waals surface area (Å²) >= 11 is 0. The fourth-order valence-electron chi connectivity index (χ4n) is 3.62. The SMILES string of the molecule is CC(C)COC(=O)N1CCC(CN(C)c2cc(Nc3ccc(C(=O)O)cc3F)ncn2)CC1. The predicted octanol–water partition coefficient (Wildman–Crippen LogP) is 4.00. The summed E-state index contributed by atoms with van der Waals surface area (Å²) in [6, 6.07) is 5.37. The van der Waals surface area contributed by atoms with Gasteiger partial charge in [0.05, 0.1) is 17.9 Å². The number of ether oxygens (including phenoxy) is 1. The summed E-state index contributed by atoms with van der Waals surface area (Å²) < 4.78 is 19.5.